The van der Waals surface area contributed by atoms with E-state index in [0.29, 0.717) is 28.2 Å². The molecule has 1 aliphatic rings. The van der Waals surface area contributed by atoms with Crippen molar-refractivity contribution in [1.82, 2.24) is 4.98 Å². The maximum Gasteiger partial charge on any atom is 0.261 e. The van der Waals surface area contributed by atoms with Gasteiger partial charge in [-0.15, -0.1) is 0 Å². The highest BCUT2D eigenvalue weighted by molar-refractivity contribution is 6.12. The molecule has 0 fully saturated rings. The summed E-state index contributed by atoms with van der Waals surface area (Å²) in [4.78, 5) is 30.3. The third-order valence-electron chi connectivity index (χ3n) is 4.69. The van der Waals surface area contributed by atoms with E-state index in [0.717, 1.165) is 0 Å². The van der Waals surface area contributed by atoms with Crippen LogP contribution in [-0.4, -0.2) is 24.7 Å². The number of halogens is 1. The molecule has 4 rings (SSSR count). The predicted molar refractivity (Wildman–Crippen MR) is 105 cm³/mol. The van der Waals surface area contributed by atoms with Crippen molar-refractivity contribution in [2.75, 3.05) is 23.6 Å². The quantitative estimate of drug-likeness (QED) is 0.742. The van der Waals surface area contributed by atoms with E-state index in [2.05, 4.69) is 11.1 Å². The summed E-state index contributed by atoms with van der Waals surface area (Å²) in [7, 11) is 1.43. The number of H-pyrrole nitrogens is 1. The Morgan fingerprint density at radius 1 is 1.07 bits per heavy atom. The number of pyridine rings is 1. The molecule has 1 N–H and O–H groups in total. The first-order valence-electron chi connectivity index (χ1n) is 8.67. The third-order valence-corrected chi connectivity index (χ3v) is 4.69. The van der Waals surface area contributed by atoms with Crippen LogP contribution >= 0.6 is 0 Å². The van der Waals surface area contributed by atoms with Crippen molar-refractivity contribution in [3.63, 3.8) is 0 Å². The minimum atomic E-state index is -0.456. The van der Waals surface area contributed by atoms with Crippen molar-refractivity contribution in [3.8, 4) is 11.8 Å². The Balaban J connectivity index is 1.91. The summed E-state index contributed by atoms with van der Waals surface area (Å²) in [5, 5.41) is 9.28. The van der Waals surface area contributed by atoms with Crippen molar-refractivity contribution >= 4 is 23.0 Å². The number of nitrogens with one attached hydrogen (secondary N) is 1. The van der Waals surface area contributed by atoms with E-state index in [4.69, 9.17) is 4.74 Å². The molecular formula is C21H15FN4O3. The molecule has 144 valence electrons. The van der Waals surface area contributed by atoms with Crippen LogP contribution in [-0.2, 0) is 0 Å². The largest absolute Gasteiger partial charge is 0.494 e. The van der Waals surface area contributed by atoms with E-state index in [1.807, 2.05) is 0 Å². The van der Waals surface area contributed by atoms with E-state index < -0.39 is 5.82 Å². The molecule has 2 heterocycles. The first-order chi connectivity index (χ1) is 14.0. The van der Waals surface area contributed by atoms with Crippen molar-refractivity contribution in [3.05, 3.63) is 82.0 Å². The molecule has 0 spiro atoms. The molecule has 29 heavy (non-hydrogen) atoms. The Bertz CT molecular complexity index is 1190. The lowest BCUT2D eigenvalue weighted by molar-refractivity contribution is 0.0983. The maximum absolute atomic E-state index is 13.7. The molecule has 1 amide bonds. The molecule has 1 aliphatic heterocycles. The van der Waals surface area contributed by atoms with Crippen molar-refractivity contribution < 1.29 is 13.9 Å². The molecule has 3 aromatic rings. The molecule has 8 heteroatoms. The molecule has 7 nitrogen and oxygen atoms in total. The van der Waals surface area contributed by atoms with Gasteiger partial charge in [-0.2, -0.15) is 5.26 Å². The normalized spacial score (nSPS) is 13.1. The number of nitriles is 1. The standard InChI is InChI=1S/C21H15FN4O3/c1-29-19-9-14(22)3-6-17(19)26-12-25(15-4-7-20(27)24-11-15)21(28)16-5-2-13(10-23)8-18(16)26/h2-9,11H,12H2,1H3,(H,24,27). The van der Waals surface area contributed by atoms with Gasteiger partial charge in [-0.05, 0) is 36.4 Å². The summed E-state index contributed by atoms with van der Waals surface area (Å²) in [5.74, 6) is -0.454. The number of carbonyl (C=O) groups is 1. The van der Waals surface area contributed by atoms with Crippen LogP contribution in [0.3, 0.4) is 0 Å². The Kier molecular flexibility index (Phi) is 4.49. The summed E-state index contributed by atoms with van der Waals surface area (Å²) in [5.41, 5.74) is 2.02. The highest BCUT2D eigenvalue weighted by Crippen LogP contribution is 2.40. The molecule has 0 saturated heterocycles. The number of methoxy groups -OCH3 is 1. The van der Waals surface area contributed by atoms with Gasteiger partial charge < -0.3 is 14.6 Å². The highest BCUT2D eigenvalue weighted by atomic mass is 19.1. The van der Waals surface area contributed by atoms with E-state index >= 15 is 0 Å². The van der Waals surface area contributed by atoms with Crippen LogP contribution in [0, 0.1) is 17.1 Å². The number of fused-ring (bicyclic) bond motifs is 1. The Labute approximate surface area is 165 Å². The number of aromatic amines is 1. The number of amides is 1. The number of aromatic nitrogens is 1. The number of ether oxygens (including phenoxy) is 1. The minimum Gasteiger partial charge on any atom is -0.494 e. The monoisotopic (exact) mass is 390 g/mol. The van der Waals surface area contributed by atoms with Crippen LogP contribution in [0.5, 0.6) is 5.75 Å². The van der Waals surface area contributed by atoms with Crippen LogP contribution in [0.25, 0.3) is 0 Å². The Morgan fingerprint density at radius 2 is 1.90 bits per heavy atom. The molecule has 0 atom stereocenters. The van der Waals surface area contributed by atoms with Crippen molar-refractivity contribution in [2.45, 2.75) is 0 Å². The Hall–Kier alpha value is -4.12. The van der Waals surface area contributed by atoms with Crippen LogP contribution in [0.4, 0.5) is 21.5 Å². The SMILES string of the molecule is COc1cc(F)ccc1N1CN(c2ccc(=O)[nH]c2)C(=O)c2ccc(C#N)cc21. The van der Waals surface area contributed by atoms with Crippen molar-refractivity contribution in [1.29, 1.82) is 5.26 Å². The zero-order valence-corrected chi connectivity index (χ0v) is 15.3. The lowest BCUT2D eigenvalue weighted by atomic mass is 10.0. The second-order valence-electron chi connectivity index (χ2n) is 6.37. The molecule has 0 unspecified atom stereocenters. The number of rotatable bonds is 3. The lowest BCUT2D eigenvalue weighted by Gasteiger charge is -2.38. The van der Waals surface area contributed by atoms with Gasteiger partial charge in [0, 0.05) is 18.3 Å². The average Bonchev–Trinajstić information content (AvgIpc) is 2.74. The van der Waals surface area contributed by atoms with E-state index in [9.17, 15) is 19.2 Å². The number of anilines is 3. The fourth-order valence-electron chi connectivity index (χ4n) is 3.28. The molecular weight excluding hydrogens is 375 g/mol. The summed E-state index contributed by atoms with van der Waals surface area (Å²) in [6.07, 6.45) is 1.45. The molecule has 0 bridgehead atoms. The summed E-state index contributed by atoms with van der Waals surface area (Å²) >= 11 is 0. The average molecular weight is 390 g/mol. The number of benzene rings is 2. The number of hydrogen-bond donors (Lipinski definition) is 1. The first kappa shape index (κ1) is 18.3. The van der Waals surface area contributed by atoms with E-state index in [1.165, 1.54) is 36.4 Å². The predicted octanol–water partition coefficient (Wildman–Crippen LogP) is 3.15. The van der Waals surface area contributed by atoms with Crippen LogP contribution in [0.1, 0.15) is 15.9 Å². The molecule has 1 aromatic heterocycles. The van der Waals surface area contributed by atoms with Crippen LogP contribution in [0.15, 0.2) is 59.5 Å². The summed E-state index contributed by atoms with van der Waals surface area (Å²) in [6, 6.07) is 13.8. The molecule has 2 aromatic carbocycles. The highest BCUT2D eigenvalue weighted by Gasteiger charge is 2.32. The lowest BCUT2D eigenvalue weighted by Crippen LogP contribution is -2.45. The zero-order chi connectivity index (χ0) is 20.5. The van der Waals surface area contributed by atoms with Gasteiger partial charge in [-0.3, -0.25) is 14.5 Å². The fraction of sp³-hybridized carbons (Fsp3) is 0.0952. The van der Waals surface area contributed by atoms with Crippen LogP contribution in [0.2, 0.25) is 0 Å². The second-order valence-corrected chi connectivity index (χ2v) is 6.37. The Morgan fingerprint density at radius 3 is 2.59 bits per heavy atom. The topological polar surface area (TPSA) is 89.4 Å². The first-order valence-corrected chi connectivity index (χ1v) is 8.67. The van der Waals surface area contributed by atoms with Gasteiger partial charge in [-0.1, -0.05) is 0 Å². The van der Waals surface area contributed by atoms with Gasteiger partial charge in [0.05, 0.1) is 41.4 Å². The summed E-state index contributed by atoms with van der Waals surface area (Å²) < 4.78 is 19.1. The van der Waals surface area contributed by atoms with E-state index in [-0.39, 0.29) is 23.9 Å². The minimum absolute atomic E-state index is 0.0781. The van der Waals surface area contributed by atoms with Crippen molar-refractivity contribution in [2.24, 2.45) is 0 Å². The molecule has 0 aliphatic carbocycles. The zero-order valence-electron chi connectivity index (χ0n) is 15.3. The van der Waals surface area contributed by atoms with E-state index in [1.54, 1.807) is 35.2 Å². The molecule has 0 radical (unpaired) electrons. The smallest absolute Gasteiger partial charge is 0.261 e. The van der Waals surface area contributed by atoms with Gasteiger partial charge in [0.15, 0.2) is 0 Å². The summed E-state index contributed by atoms with van der Waals surface area (Å²) in [6.45, 7) is 0.0781. The van der Waals surface area contributed by atoms with Gasteiger partial charge >= 0.3 is 0 Å². The van der Waals surface area contributed by atoms with Gasteiger partial charge in [-0.25, -0.2) is 4.39 Å². The second kappa shape index (κ2) is 7.13. The van der Waals surface area contributed by atoms with Gasteiger partial charge in [0.2, 0.25) is 5.56 Å². The molecule has 0 saturated carbocycles. The number of nitrogens with zero attached hydrogens (tertiary/aromatic N) is 3. The maximum atomic E-state index is 13.7. The van der Waals surface area contributed by atoms with Gasteiger partial charge in [0.1, 0.15) is 18.2 Å². The fourth-order valence-corrected chi connectivity index (χ4v) is 3.28. The van der Waals surface area contributed by atoms with Gasteiger partial charge in [0.25, 0.3) is 5.91 Å². The number of hydrogen-bond acceptors (Lipinski definition) is 5. The third kappa shape index (κ3) is 3.19. The number of carbonyl (C=O) groups excluding carboxylic acids is 1. The van der Waals surface area contributed by atoms with Crippen LogP contribution < -0.4 is 20.1 Å².